The van der Waals surface area contributed by atoms with Crippen LogP contribution in [0, 0.1) is 5.41 Å². The van der Waals surface area contributed by atoms with Crippen LogP contribution in [0.15, 0.2) is 0 Å². The molecule has 0 spiro atoms. The molecular formula is C9H19N5O3. The highest BCUT2D eigenvalue weighted by Crippen LogP contribution is 1.89. The number of amides is 1. The molecule has 8 nitrogen and oxygen atoms in total. The van der Waals surface area contributed by atoms with Gasteiger partial charge in [0.1, 0.15) is 6.04 Å². The number of aliphatic carboxylic acids is 1. The SMILES string of the molecule is N=C(N)NCCCC(=O)NCC[C@H](N)C(=O)O. The second kappa shape index (κ2) is 8.34. The van der Waals surface area contributed by atoms with Crippen LogP contribution < -0.4 is 22.1 Å². The van der Waals surface area contributed by atoms with Crippen molar-refractivity contribution in [2.24, 2.45) is 11.5 Å². The number of nitrogens with one attached hydrogen (secondary N) is 3. The summed E-state index contributed by atoms with van der Waals surface area (Å²) in [6.45, 7) is 0.698. The minimum Gasteiger partial charge on any atom is -0.480 e. The van der Waals surface area contributed by atoms with E-state index >= 15 is 0 Å². The van der Waals surface area contributed by atoms with Gasteiger partial charge >= 0.3 is 5.97 Å². The minimum absolute atomic E-state index is 0.127. The summed E-state index contributed by atoms with van der Waals surface area (Å²) in [5, 5.41) is 20.5. The number of nitrogens with two attached hydrogens (primary N) is 2. The molecule has 0 aliphatic heterocycles. The van der Waals surface area contributed by atoms with Crippen LogP contribution >= 0.6 is 0 Å². The molecule has 1 atom stereocenters. The van der Waals surface area contributed by atoms with Gasteiger partial charge in [0.25, 0.3) is 0 Å². The molecule has 98 valence electrons. The third-order valence-corrected chi connectivity index (χ3v) is 1.99. The predicted molar refractivity (Wildman–Crippen MR) is 62.4 cm³/mol. The normalized spacial score (nSPS) is 11.6. The Balaban J connectivity index is 3.47. The molecule has 0 aromatic carbocycles. The lowest BCUT2D eigenvalue weighted by Crippen LogP contribution is -2.35. The van der Waals surface area contributed by atoms with Crippen molar-refractivity contribution in [1.82, 2.24) is 10.6 Å². The Morgan fingerprint density at radius 3 is 2.47 bits per heavy atom. The number of hydrogen-bond acceptors (Lipinski definition) is 4. The number of hydrogen-bond donors (Lipinski definition) is 6. The van der Waals surface area contributed by atoms with Crippen molar-refractivity contribution >= 4 is 17.8 Å². The number of carbonyl (C=O) groups excluding carboxylic acids is 1. The van der Waals surface area contributed by atoms with E-state index in [1.165, 1.54) is 0 Å². The summed E-state index contributed by atoms with van der Waals surface area (Å²) in [6, 6.07) is -0.949. The van der Waals surface area contributed by atoms with Crippen molar-refractivity contribution in [1.29, 1.82) is 5.41 Å². The number of carbonyl (C=O) groups is 2. The smallest absolute Gasteiger partial charge is 0.320 e. The topological polar surface area (TPSA) is 154 Å². The number of carboxylic acid groups (broad SMARTS) is 1. The standard InChI is InChI=1S/C9H19N5O3/c10-6(8(16)17)3-5-13-7(15)2-1-4-14-9(11)12/h6H,1-5,10H2,(H,13,15)(H,16,17)(H4,11,12,14)/t6-/m0/s1. The molecule has 0 aromatic heterocycles. The van der Waals surface area contributed by atoms with Crippen LogP contribution in [-0.2, 0) is 9.59 Å². The van der Waals surface area contributed by atoms with E-state index < -0.39 is 12.0 Å². The zero-order valence-corrected chi connectivity index (χ0v) is 9.53. The molecule has 0 heterocycles. The van der Waals surface area contributed by atoms with E-state index in [4.69, 9.17) is 22.0 Å². The lowest BCUT2D eigenvalue weighted by molar-refractivity contribution is -0.138. The van der Waals surface area contributed by atoms with Gasteiger partial charge < -0.3 is 27.2 Å². The molecule has 0 aliphatic rings. The van der Waals surface area contributed by atoms with Gasteiger partial charge in [0, 0.05) is 19.5 Å². The molecule has 1 amide bonds. The Kier molecular flexibility index (Phi) is 7.44. The molecule has 0 radical (unpaired) electrons. The van der Waals surface area contributed by atoms with Gasteiger partial charge in [-0.1, -0.05) is 0 Å². The fourth-order valence-corrected chi connectivity index (χ4v) is 1.05. The van der Waals surface area contributed by atoms with Gasteiger partial charge in [0.05, 0.1) is 0 Å². The van der Waals surface area contributed by atoms with Gasteiger partial charge in [-0.15, -0.1) is 0 Å². The summed E-state index contributed by atoms with van der Waals surface area (Å²) in [6.07, 6.45) is 1.05. The van der Waals surface area contributed by atoms with E-state index in [0.29, 0.717) is 19.4 Å². The Labute approximate surface area is 99.2 Å². The van der Waals surface area contributed by atoms with Crippen molar-refractivity contribution in [2.45, 2.75) is 25.3 Å². The Bertz CT molecular complexity index is 282. The largest absolute Gasteiger partial charge is 0.480 e. The zero-order chi connectivity index (χ0) is 13.3. The zero-order valence-electron chi connectivity index (χ0n) is 9.53. The first-order valence-corrected chi connectivity index (χ1v) is 5.26. The molecule has 0 aliphatic carbocycles. The first-order chi connectivity index (χ1) is 7.93. The van der Waals surface area contributed by atoms with Gasteiger partial charge in [-0.05, 0) is 12.8 Å². The maximum atomic E-state index is 11.2. The van der Waals surface area contributed by atoms with Gasteiger partial charge in [0.15, 0.2) is 5.96 Å². The molecule has 0 rings (SSSR count). The van der Waals surface area contributed by atoms with Gasteiger partial charge in [-0.3, -0.25) is 15.0 Å². The van der Waals surface area contributed by atoms with Crippen molar-refractivity contribution in [3.05, 3.63) is 0 Å². The second-order valence-corrected chi connectivity index (χ2v) is 3.53. The van der Waals surface area contributed by atoms with Crippen LogP contribution in [0.4, 0.5) is 0 Å². The molecule has 0 saturated carbocycles. The molecule has 0 aromatic rings. The van der Waals surface area contributed by atoms with E-state index in [9.17, 15) is 9.59 Å². The molecule has 17 heavy (non-hydrogen) atoms. The van der Waals surface area contributed by atoms with E-state index in [1.807, 2.05) is 0 Å². The van der Waals surface area contributed by atoms with E-state index in [1.54, 1.807) is 0 Å². The maximum absolute atomic E-state index is 11.2. The second-order valence-electron chi connectivity index (χ2n) is 3.53. The first-order valence-electron chi connectivity index (χ1n) is 5.26. The average Bonchev–Trinajstić information content (AvgIpc) is 2.23. The lowest BCUT2D eigenvalue weighted by Gasteiger charge is -2.08. The van der Waals surface area contributed by atoms with Crippen LogP contribution in [0.2, 0.25) is 0 Å². The van der Waals surface area contributed by atoms with E-state index in [0.717, 1.165) is 0 Å². The third-order valence-electron chi connectivity index (χ3n) is 1.99. The Morgan fingerprint density at radius 2 is 1.94 bits per heavy atom. The van der Waals surface area contributed by atoms with Gasteiger partial charge in [-0.25, -0.2) is 0 Å². The monoisotopic (exact) mass is 245 g/mol. The highest BCUT2D eigenvalue weighted by molar-refractivity contribution is 5.76. The summed E-state index contributed by atoms with van der Waals surface area (Å²) in [4.78, 5) is 21.6. The van der Waals surface area contributed by atoms with Crippen molar-refractivity contribution in [3.8, 4) is 0 Å². The quantitative estimate of drug-likeness (QED) is 0.168. The molecule has 8 heteroatoms. The number of rotatable bonds is 8. The highest BCUT2D eigenvalue weighted by Gasteiger charge is 2.10. The molecule has 0 unspecified atom stereocenters. The van der Waals surface area contributed by atoms with Crippen LogP contribution in [0.1, 0.15) is 19.3 Å². The summed E-state index contributed by atoms with van der Waals surface area (Å²) in [5.41, 5.74) is 10.3. The average molecular weight is 245 g/mol. The van der Waals surface area contributed by atoms with Crippen molar-refractivity contribution < 1.29 is 14.7 Å². The van der Waals surface area contributed by atoms with E-state index in [-0.39, 0.29) is 24.8 Å². The van der Waals surface area contributed by atoms with Crippen LogP contribution in [0.5, 0.6) is 0 Å². The van der Waals surface area contributed by atoms with Crippen molar-refractivity contribution in [3.63, 3.8) is 0 Å². The minimum atomic E-state index is -1.08. The van der Waals surface area contributed by atoms with E-state index in [2.05, 4.69) is 10.6 Å². The van der Waals surface area contributed by atoms with Crippen molar-refractivity contribution in [2.75, 3.05) is 13.1 Å². The summed E-state index contributed by atoms with van der Waals surface area (Å²) in [7, 11) is 0. The fraction of sp³-hybridized carbons (Fsp3) is 0.667. The van der Waals surface area contributed by atoms with Crippen LogP contribution in [0.3, 0.4) is 0 Å². The predicted octanol–water partition coefficient (Wildman–Crippen LogP) is -1.83. The van der Waals surface area contributed by atoms with Crippen LogP contribution in [0.25, 0.3) is 0 Å². The van der Waals surface area contributed by atoms with Gasteiger partial charge in [-0.2, -0.15) is 0 Å². The number of carboxylic acids is 1. The Hall–Kier alpha value is -1.83. The maximum Gasteiger partial charge on any atom is 0.320 e. The summed E-state index contributed by atoms with van der Waals surface area (Å²) >= 11 is 0. The van der Waals surface area contributed by atoms with Crippen LogP contribution in [-0.4, -0.2) is 42.1 Å². The fourth-order valence-electron chi connectivity index (χ4n) is 1.05. The Morgan fingerprint density at radius 1 is 1.29 bits per heavy atom. The first kappa shape index (κ1) is 15.2. The number of guanidine groups is 1. The molecule has 0 saturated heterocycles. The van der Waals surface area contributed by atoms with Gasteiger partial charge in [0.2, 0.25) is 5.91 Å². The lowest BCUT2D eigenvalue weighted by atomic mass is 10.2. The molecule has 8 N–H and O–H groups in total. The summed E-state index contributed by atoms with van der Waals surface area (Å²) in [5.74, 6) is -1.38. The summed E-state index contributed by atoms with van der Waals surface area (Å²) < 4.78 is 0. The highest BCUT2D eigenvalue weighted by atomic mass is 16.4. The third kappa shape index (κ3) is 9.12. The molecular weight excluding hydrogens is 226 g/mol. The molecule has 0 bridgehead atoms. The molecule has 0 fully saturated rings.